The summed E-state index contributed by atoms with van der Waals surface area (Å²) in [6.07, 6.45) is 5.90. The van der Waals surface area contributed by atoms with Crippen LogP contribution in [0.15, 0.2) is 30.3 Å². The molecule has 3 heteroatoms. The Hall–Kier alpha value is -1.35. The maximum absolute atomic E-state index is 12.3. The number of piperidine rings is 1. The maximum atomic E-state index is 12.3. The molecular formula is C17H24N2O. The summed E-state index contributed by atoms with van der Waals surface area (Å²) in [5.74, 6) is 0.870. The summed E-state index contributed by atoms with van der Waals surface area (Å²) in [6, 6.07) is 10.7. The molecule has 2 N–H and O–H groups in total. The predicted octanol–water partition coefficient (Wildman–Crippen LogP) is 2.66. The summed E-state index contributed by atoms with van der Waals surface area (Å²) in [7, 11) is 0. The highest BCUT2D eigenvalue weighted by Crippen LogP contribution is 2.34. The molecule has 1 aliphatic carbocycles. The summed E-state index contributed by atoms with van der Waals surface area (Å²) in [6.45, 7) is 1.77. The minimum Gasteiger partial charge on any atom is -0.343 e. The van der Waals surface area contributed by atoms with Gasteiger partial charge >= 0.3 is 0 Å². The SMILES string of the molecule is NC1(CC(=O)N2CCC(c3ccccc3)CC2)CCC1. The van der Waals surface area contributed by atoms with Crippen LogP contribution in [-0.4, -0.2) is 29.4 Å². The zero-order chi connectivity index (χ0) is 14.0. The zero-order valence-corrected chi connectivity index (χ0v) is 12.1. The molecule has 1 amide bonds. The van der Waals surface area contributed by atoms with E-state index in [9.17, 15) is 4.79 Å². The van der Waals surface area contributed by atoms with Crippen molar-refractivity contribution in [2.24, 2.45) is 5.73 Å². The van der Waals surface area contributed by atoms with Gasteiger partial charge < -0.3 is 10.6 Å². The van der Waals surface area contributed by atoms with E-state index in [1.807, 2.05) is 4.90 Å². The van der Waals surface area contributed by atoms with E-state index in [-0.39, 0.29) is 11.4 Å². The molecule has 1 aromatic rings. The quantitative estimate of drug-likeness (QED) is 0.919. The fraction of sp³-hybridized carbons (Fsp3) is 0.588. The highest BCUT2D eigenvalue weighted by Gasteiger charge is 2.36. The van der Waals surface area contributed by atoms with Crippen LogP contribution in [0.4, 0.5) is 0 Å². The molecule has 0 spiro atoms. The molecule has 108 valence electrons. The zero-order valence-electron chi connectivity index (χ0n) is 12.1. The minimum atomic E-state index is -0.187. The fourth-order valence-corrected chi connectivity index (χ4v) is 3.41. The highest BCUT2D eigenvalue weighted by atomic mass is 16.2. The van der Waals surface area contributed by atoms with Gasteiger partial charge in [-0.15, -0.1) is 0 Å². The Morgan fingerprint density at radius 3 is 2.40 bits per heavy atom. The topological polar surface area (TPSA) is 46.3 Å². The molecule has 3 nitrogen and oxygen atoms in total. The van der Waals surface area contributed by atoms with Crippen LogP contribution in [0.3, 0.4) is 0 Å². The number of rotatable bonds is 3. The van der Waals surface area contributed by atoms with Gasteiger partial charge in [-0.25, -0.2) is 0 Å². The second-order valence-corrected chi connectivity index (χ2v) is 6.46. The van der Waals surface area contributed by atoms with Crippen LogP contribution in [0.2, 0.25) is 0 Å². The third-order valence-corrected chi connectivity index (χ3v) is 4.97. The maximum Gasteiger partial charge on any atom is 0.224 e. The molecule has 3 rings (SSSR count). The monoisotopic (exact) mass is 272 g/mol. The summed E-state index contributed by atoms with van der Waals surface area (Å²) in [5, 5.41) is 0. The molecule has 20 heavy (non-hydrogen) atoms. The van der Waals surface area contributed by atoms with Crippen LogP contribution in [0.1, 0.15) is 50.0 Å². The summed E-state index contributed by atoms with van der Waals surface area (Å²) >= 11 is 0. The minimum absolute atomic E-state index is 0.187. The Labute approximate surface area is 121 Å². The second kappa shape index (κ2) is 5.57. The van der Waals surface area contributed by atoms with Gasteiger partial charge in [0.15, 0.2) is 0 Å². The van der Waals surface area contributed by atoms with Crippen molar-refractivity contribution in [1.29, 1.82) is 0 Å². The van der Waals surface area contributed by atoms with E-state index in [1.54, 1.807) is 0 Å². The first-order chi connectivity index (χ1) is 9.66. The molecular weight excluding hydrogens is 248 g/mol. The Balaban J connectivity index is 1.52. The highest BCUT2D eigenvalue weighted by molar-refractivity contribution is 5.77. The van der Waals surface area contributed by atoms with Crippen molar-refractivity contribution in [2.45, 2.75) is 50.0 Å². The Bertz CT molecular complexity index is 459. The van der Waals surface area contributed by atoms with Gasteiger partial charge in [-0.1, -0.05) is 30.3 Å². The summed E-state index contributed by atoms with van der Waals surface area (Å²) in [4.78, 5) is 14.3. The lowest BCUT2D eigenvalue weighted by molar-refractivity contribution is -0.134. The molecule has 0 radical (unpaired) electrons. The third kappa shape index (κ3) is 2.88. The average molecular weight is 272 g/mol. The summed E-state index contributed by atoms with van der Waals surface area (Å²) in [5.41, 5.74) is 7.41. The molecule has 0 unspecified atom stereocenters. The van der Waals surface area contributed by atoms with Gasteiger partial charge in [0.2, 0.25) is 5.91 Å². The van der Waals surface area contributed by atoms with E-state index >= 15 is 0 Å². The number of carbonyl (C=O) groups is 1. The lowest BCUT2D eigenvalue weighted by Crippen LogP contribution is -2.51. The molecule has 2 aliphatic rings. The standard InChI is InChI=1S/C17H24N2O/c18-17(9-4-10-17)13-16(20)19-11-7-15(8-12-19)14-5-2-1-3-6-14/h1-3,5-6,15H,4,7-13,18H2. The van der Waals surface area contributed by atoms with E-state index in [1.165, 1.54) is 12.0 Å². The first kappa shape index (κ1) is 13.6. The van der Waals surface area contributed by atoms with Crippen molar-refractivity contribution in [1.82, 2.24) is 4.90 Å². The number of amides is 1. The number of carbonyl (C=O) groups excluding carboxylic acids is 1. The van der Waals surface area contributed by atoms with Crippen molar-refractivity contribution in [3.63, 3.8) is 0 Å². The molecule has 1 aromatic carbocycles. The Kier molecular flexibility index (Phi) is 3.79. The normalized spacial score (nSPS) is 22.4. The van der Waals surface area contributed by atoms with Crippen LogP contribution in [0.25, 0.3) is 0 Å². The van der Waals surface area contributed by atoms with E-state index in [0.717, 1.165) is 38.8 Å². The number of likely N-dealkylation sites (tertiary alicyclic amines) is 1. The second-order valence-electron chi connectivity index (χ2n) is 6.46. The van der Waals surface area contributed by atoms with E-state index in [0.29, 0.717) is 12.3 Å². The number of nitrogens with two attached hydrogens (primary N) is 1. The van der Waals surface area contributed by atoms with Crippen LogP contribution >= 0.6 is 0 Å². The van der Waals surface area contributed by atoms with Crippen LogP contribution in [0, 0.1) is 0 Å². The smallest absolute Gasteiger partial charge is 0.224 e. The van der Waals surface area contributed by atoms with Crippen molar-refractivity contribution in [3.8, 4) is 0 Å². The number of hydrogen-bond donors (Lipinski definition) is 1. The third-order valence-electron chi connectivity index (χ3n) is 4.97. The summed E-state index contributed by atoms with van der Waals surface area (Å²) < 4.78 is 0. The van der Waals surface area contributed by atoms with Crippen molar-refractivity contribution >= 4 is 5.91 Å². The Morgan fingerprint density at radius 1 is 1.20 bits per heavy atom. The van der Waals surface area contributed by atoms with Gasteiger partial charge in [0, 0.05) is 25.0 Å². The first-order valence-corrected chi connectivity index (χ1v) is 7.78. The molecule has 0 atom stereocenters. The predicted molar refractivity (Wildman–Crippen MR) is 80.4 cm³/mol. The van der Waals surface area contributed by atoms with Crippen LogP contribution < -0.4 is 5.73 Å². The fourth-order valence-electron chi connectivity index (χ4n) is 3.41. The largest absolute Gasteiger partial charge is 0.343 e. The van der Waals surface area contributed by atoms with Gasteiger partial charge in [0.05, 0.1) is 0 Å². The van der Waals surface area contributed by atoms with Gasteiger partial charge in [0.1, 0.15) is 0 Å². The molecule has 1 saturated carbocycles. The lowest BCUT2D eigenvalue weighted by Gasteiger charge is -2.40. The van der Waals surface area contributed by atoms with Gasteiger partial charge in [-0.3, -0.25) is 4.79 Å². The molecule has 1 saturated heterocycles. The molecule has 0 bridgehead atoms. The molecule has 0 aromatic heterocycles. The number of nitrogens with zero attached hydrogens (tertiary/aromatic N) is 1. The number of benzene rings is 1. The van der Waals surface area contributed by atoms with Crippen LogP contribution in [-0.2, 0) is 4.79 Å². The van der Waals surface area contributed by atoms with Gasteiger partial charge in [0.25, 0.3) is 0 Å². The van der Waals surface area contributed by atoms with Crippen molar-refractivity contribution in [2.75, 3.05) is 13.1 Å². The lowest BCUT2D eigenvalue weighted by atomic mass is 9.75. The van der Waals surface area contributed by atoms with Crippen molar-refractivity contribution < 1.29 is 4.79 Å². The van der Waals surface area contributed by atoms with E-state index < -0.39 is 0 Å². The van der Waals surface area contributed by atoms with E-state index in [4.69, 9.17) is 5.73 Å². The van der Waals surface area contributed by atoms with Gasteiger partial charge in [-0.05, 0) is 43.6 Å². The van der Waals surface area contributed by atoms with Gasteiger partial charge in [-0.2, -0.15) is 0 Å². The van der Waals surface area contributed by atoms with E-state index in [2.05, 4.69) is 30.3 Å². The molecule has 1 aliphatic heterocycles. The molecule has 1 heterocycles. The van der Waals surface area contributed by atoms with Crippen LogP contribution in [0.5, 0.6) is 0 Å². The molecule has 2 fully saturated rings. The average Bonchev–Trinajstić information content (AvgIpc) is 2.47. The first-order valence-electron chi connectivity index (χ1n) is 7.78. The van der Waals surface area contributed by atoms with Crippen molar-refractivity contribution in [3.05, 3.63) is 35.9 Å². The number of hydrogen-bond acceptors (Lipinski definition) is 2. The Morgan fingerprint density at radius 2 is 1.85 bits per heavy atom.